The minimum Gasteiger partial charge on any atom is -0.304 e. The Morgan fingerprint density at radius 3 is 2.68 bits per heavy atom. The first kappa shape index (κ1) is 13.9. The molecule has 0 unspecified atom stereocenters. The fourth-order valence-electron chi connectivity index (χ4n) is 1.82. The number of nitrogens with zero attached hydrogens (tertiary/aromatic N) is 2. The summed E-state index contributed by atoms with van der Waals surface area (Å²) in [7, 11) is 0. The molecule has 0 fully saturated rings. The monoisotopic (exact) mass is 321 g/mol. The van der Waals surface area contributed by atoms with E-state index >= 15 is 0 Å². The van der Waals surface area contributed by atoms with E-state index in [2.05, 4.69) is 44.7 Å². The van der Waals surface area contributed by atoms with Crippen molar-refractivity contribution in [1.29, 1.82) is 0 Å². The predicted octanol–water partition coefficient (Wildman–Crippen LogP) is 3.10. The van der Waals surface area contributed by atoms with Crippen LogP contribution in [0.2, 0.25) is 0 Å². The molecule has 19 heavy (non-hydrogen) atoms. The number of rotatable bonds is 3. The second-order valence-electron chi connectivity index (χ2n) is 4.94. The Labute approximate surface area is 120 Å². The molecule has 0 aliphatic rings. The first-order valence-corrected chi connectivity index (χ1v) is 6.99. The van der Waals surface area contributed by atoms with Crippen molar-refractivity contribution in [3.8, 4) is 11.5 Å². The number of aryl methyl sites for hydroxylation is 1. The van der Waals surface area contributed by atoms with Crippen molar-refractivity contribution >= 4 is 15.9 Å². The van der Waals surface area contributed by atoms with E-state index in [4.69, 9.17) is 0 Å². The van der Waals surface area contributed by atoms with Gasteiger partial charge in [0, 0.05) is 5.69 Å². The highest BCUT2D eigenvalue weighted by molar-refractivity contribution is 9.10. The predicted molar refractivity (Wildman–Crippen MR) is 79.1 cm³/mol. The highest BCUT2D eigenvalue weighted by atomic mass is 79.9. The quantitative estimate of drug-likeness (QED) is 0.945. The number of hydrogen-bond donors (Lipinski definition) is 1. The summed E-state index contributed by atoms with van der Waals surface area (Å²) < 4.78 is 0.512. The van der Waals surface area contributed by atoms with Crippen LogP contribution in [-0.4, -0.2) is 15.0 Å². The molecule has 0 aromatic carbocycles. The number of pyridine rings is 1. The van der Waals surface area contributed by atoms with E-state index in [1.165, 1.54) is 0 Å². The molecule has 0 aliphatic carbocycles. The summed E-state index contributed by atoms with van der Waals surface area (Å²) in [6.45, 7) is 6.11. The van der Waals surface area contributed by atoms with Crippen molar-refractivity contribution in [2.24, 2.45) is 5.92 Å². The van der Waals surface area contributed by atoms with E-state index < -0.39 is 0 Å². The first-order chi connectivity index (χ1) is 8.97. The van der Waals surface area contributed by atoms with Gasteiger partial charge in [0.2, 0.25) is 0 Å². The largest absolute Gasteiger partial charge is 0.304 e. The number of halogens is 1. The molecule has 0 amide bonds. The summed E-state index contributed by atoms with van der Waals surface area (Å²) in [5.74, 6) is 0.955. The van der Waals surface area contributed by atoms with Crippen molar-refractivity contribution in [3.05, 3.63) is 44.4 Å². The summed E-state index contributed by atoms with van der Waals surface area (Å²) in [5, 5.41) is 0. The minimum atomic E-state index is -0.163. The van der Waals surface area contributed by atoms with Crippen molar-refractivity contribution in [2.45, 2.75) is 27.2 Å². The average Bonchev–Trinajstić information content (AvgIpc) is 2.34. The van der Waals surface area contributed by atoms with Crippen LogP contribution in [-0.2, 0) is 6.42 Å². The van der Waals surface area contributed by atoms with Crippen LogP contribution in [0.25, 0.3) is 11.5 Å². The molecule has 2 aromatic heterocycles. The lowest BCUT2D eigenvalue weighted by molar-refractivity contribution is 0.631. The van der Waals surface area contributed by atoms with Crippen molar-refractivity contribution in [1.82, 2.24) is 15.0 Å². The topological polar surface area (TPSA) is 58.6 Å². The second-order valence-corrected chi connectivity index (χ2v) is 5.73. The van der Waals surface area contributed by atoms with E-state index in [0.717, 1.165) is 17.8 Å². The van der Waals surface area contributed by atoms with Crippen LogP contribution in [0.4, 0.5) is 0 Å². The molecule has 2 heterocycles. The lowest BCUT2D eigenvalue weighted by Crippen LogP contribution is -2.15. The normalized spacial score (nSPS) is 11.0. The average molecular weight is 322 g/mol. The number of hydrogen-bond acceptors (Lipinski definition) is 3. The molecule has 0 atom stereocenters. The zero-order valence-electron chi connectivity index (χ0n) is 11.2. The van der Waals surface area contributed by atoms with E-state index in [1.54, 1.807) is 0 Å². The zero-order valence-corrected chi connectivity index (χ0v) is 12.8. The van der Waals surface area contributed by atoms with Gasteiger partial charge in [-0.05, 0) is 47.3 Å². The van der Waals surface area contributed by atoms with Crippen LogP contribution in [0, 0.1) is 12.8 Å². The highest BCUT2D eigenvalue weighted by Gasteiger charge is 2.12. The molecule has 0 bridgehead atoms. The van der Waals surface area contributed by atoms with Crippen LogP contribution in [0.3, 0.4) is 0 Å². The summed E-state index contributed by atoms with van der Waals surface area (Å²) >= 11 is 3.30. The van der Waals surface area contributed by atoms with Gasteiger partial charge in [0.1, 0.15) is 10.2 Å². The molecule has 100 valence electrons. The lowest BCUT2D eigenvalue weighted by Gasteiger charge is -2.08. The van der Waals surface area contributed by atoms with Crippen molar-refractivity contribution < 1.29 is 0 Å². The van der Waals surface area contributed by atoms with E-state index in [-0.39, 0.29) is 5.56 Å². The van der Waals surface area contributed by atoms with E-state index in [1.807, 2.05) is 25.1 Å². The summed E-state index contributed by atoms with van der Waals surface area (Å²) in [6, 6.07) is 5.66. The minimum absolute atomic E-state index is 0.163. The number of H-pyrrole nitrogens is 1. The summed E-state index contributed by atoms with van der Waals surface area (Å²) in [4.78, 5) is 23.6. The third-order valence-corrected chi connectivity index (χ3v) is 3.48. The third-order valence-electron chi connectivity index (χ3n) is 2.66. The molecule has 0 saturated carbocycles. The molecule has 0 spiro atoms. The van der Waals surface area contributed by atoms with Crippen molar-refractivity contribution in [3.63, 3.8) is 0 Å². The molecule has 4 nitrogen and oxygen atoms in total. The molecule has 0 saturated heterocycles. The van der Waals surface area contributed by atoms with Crippen molar-refractivity contribution in [2.75, 3.05) is 0 Å². The summed E-state index contributed by atoms with van der Waals surface area (Å²) in [6.07, 6.45) is 0.753. The summed E-state index contributed by atoms with van der Waals surface area (Å²) in [5.41, 5.74) is 2.20. The smallest absolute Gasteiger partial charge is 0.265 e. The van der Waals surface area contributed by atoms with Gasteiger partial charge in [-0.3, -0.25) is 4.79 Å². The van der Waals surface area contributed by atoms with Gasteiger partial charge in [0.25, 0.3) is 5.56 Å². The number of nitrogens with one attached hydrogen (secondary N) is 1. The highest BCUT2D eigenvalue weighted by Crippen LogP contribution is 2.18. The lowest BCUT2D eigenvalue weighted by atomic mass is 10.1. The molecule has 1 N–H and O–H groups in total. The van der Waals surface area contributed by atoms with Crippen LogP contribution in [0.1, 0.15) is 25.2 Å². The van der Waals surface area contributed by atoms with Crippen LogP contribution >= 0.6 is 15.9 Å². The Kier molecular flexibility index (Phi) is 4.14. The standard InChI is InChI=1S/C14H16BrN3O/c1-8(2)7-11-12(15)14(19)18-13(17-11)10-6-4-5-9(3)16-10/h4-6,8H,7H2,1-3H3,(H,17,18,19). The van der Waals surface area contributed by atoms with Gasteiger partial charge in [0.15, 0.2) is 5.82 Å². The molecule has 0 radical (unpaired) electrons. The maximum absolute atomic E-state index is 11.9. The van der Waals surface area contributed by atoms with Gasteiger partial charge in [-0.25, -0.2) is 9.97 Å². The maximum atomic E-state index is 11.9. The van der Waals surface area contributed by atoms with E-state index in [9.17, 15) is 4.79 Å². The van der Waals surface area contributed by atoms with Gasteiger partial charge in [-0.15, -0.1) is 0 Å². The third kappa shape index (κ3) is 3.29. The van der Waals surface area contributed by atoms with Gasteiger partial charge < -0.3 is 4.98 Å². The maximum Gasteiger partial charge on any atom is 0.265 e. The fourth-order valence-corrected chi connectivity index (χ4v) is 2.17. The molecular weight excluding hydrogens is 306 g/mol. The van der Waals surface area contributed by atoms with Gasteiger partial charge >= 0.3 is 0 Å². The van der Waals surface area contributed by atoms with Gasteiger partial charge in [-0.1, -0.05) is 19.9 Å². The van der Waals surface area contributed by atoms with Crippen LogP contribution in [0.15, 0.2) is 27.5 Å². The Hall–Kier alpha value is -1.49. The zero-order chi connectivity index (χ0) is 14.0. The molecule has 2 aromatic rings. The Morgan fingerprint density at radius 2 is 2.05 bits per heavy atom. The number of aromatic amines is 1. The molecular formula is C14H16BrN3O. The van der Waals surface area contributed by atoms with Crippen LogP contribution in [0.5, 0.6) is 0 Å². The molecule has 2 rings (SSSR count). The molecule has 5 heteroatoms. The number of aromatic nitrogens is 3. The van der Waals surface area contributed by atoms with Gasteiger partial charge in [0.05, 0.1) is 5.69 Å². The molecule has 0 aliphatic heterocycles. The Balaban J connectivity index is 2.53. The van der Waals surface area contributed by atoms with Crippen LogP contribution < -0.4 is 5.56 Å². The SMILES string of the molecule is Cc1cccc(-c2nc(CC(C)C)c(Br)c(=O)[nH]2)n1. The van der Waals surface area contributed by atoms with E-state index in [0.29, 0.717) is 21.9 Å². The Bertz CT molecular complexity index is 649. The first-order valence-electron chi connectivity index (χ1n) is 6.20. The second kappa shape index (κ2) is 5.65. The Morgan fingerprint density at radius 1 is 1.32 bits per heavy atom. The fraction of sp³-hybridized carbons (Fsp3) is 0.357. The van der Waals surface area contributed by atoms with Gasteiger partial charge in [-0.2, -0.15) is 0 Å².